The number of H-pyrrole nitrogens is 1. The zero-order valence-electron chi connectivity index (χ0n) is 16.7. The van der Waals surface area contributed by atoms with Gasteiger partial charge in [-0.1, -0.05) is 11.6 Å². The Kier molecular flexibility index (Phi) is 4.88. The first-order valence-electron chi connectivity index (χ1n) is 9.81. The smallest absolute Gasteiger partial charge is 0.366 e. The quantitative estimate of drug-likeness (QED) is 0.714. The number of nitrogens with zero attached hydrogens (tertiary/aromatic N) is 4. The van der Waals surface area contributed by atoms with Crippen molar-refractivity contribution in [2.24, 2.45) is 0 Å². The van der Waals surface area contributed by atoms with E-state index in [0.29, 0.717) is 37.3 Å². The van der Waals surface area contributed by atoms with Crippen molar-refractivity contribution in [3.8, 4) is 6.07 Å². The van der Waals surface area contributed by atoms with Crippen LogP contribution in [0.3, 0.4) is 0 Å². The summed E-state index contributed by atoms with van der Waals surface area (Å²) in [7, 11) is 0. The summed E-state index contributed by atoms with van der Waals surface area (Å²) in [4.78, 5) is 22.6. The second-order valence-electron chi connectivity index (χ2n) is 8.10. The van der Waals surface area contributed by atoms with Gasteiger partial charge in [0.2, 0.25) is 5.91 Å². The number of likely N-dealkylation sites (tertiary alicyclic amines) is 1. The molecular weight excluding hydrogens is 419 g/mol. The fourth-order valence-corrected chi connectivity index (χ4v) is 5.24. The third-order valence-electron chi connectivity index (χ3n) is 6.25. The molecule has 2 aliphatic heterocycles. The highest BCUT2D eigenvalue weighted by atomic mass is 35.5. The van der Waals surface area contributed by atoms with Crippen LogP contribution in [0.1, 0.15) is 49.6 Å². The molecule has 0 saturated carbocycles. The standard InChI is InChI=1S/C20H21ClF3N5O/c1-11-14(21)15-16(26-11)17(13(9-25)18(27-15)20(22,23)24)28-7-3-5-19(10-28)6-4-8-29(19)12(2)30/h26H,3-8,10H2,1-2H3. The lowest BCUT2D eigenvalue weighted by Gasteiger charge is -2.46. The van der Waals surface area contributed by atoms with Crippen molar-refractivity contribution < 1.29 is 18.0 Å². The molecule has 2 aromatic heterocycles. The Balaban J connectivity index is 1.93. The molecule has 1 amide bonds. The number of aromatic nitrogens is 2. The van der Waals surface area contributed by atoms with Gasteiger partial charge >= 0.3 is 6.18 Å². The lowest BCUT2D eigenvalue weighted by Crippen LogP contribution is -2.57. The zero-order valence-corrected chi connectivity index (χ0v) is 17.4. The second kappa shape index (κ2) is 7.05. The van der Waals surface area contributed by atoms with Crippen LogP contribution in [0.4, 0.5) is 18.9 Å². The van der Waals surface area contributed by atoms with Crippen LogP contribution in [0, 0.1) is 18.3 Å². The second-order valence-corrected chi connectivity index (χ2v) is 8.48. The van der Waals surface area contributed by atoms with E-state index in [9.17, 15) is 23.2 Å². The number of aromatic amines is 1. The summed E-state index contributed by atoms with van der Waals surface area (Å²) >= 11 is 6.24. The van der Waals surface area contributed by atoms with Gasteiger partial charge in [0.05, 0.1) is 21.8 Å². The van der Waals surface area contributed by atoms with Gasteiger partial charge in [-0.3, -0.25) is 4.79 Å². The molecule has 0 aromatic carbocycles. The maximum atomic E-state index is 13.8. The van der Waals surface area contributed by atoms with Gasteiger partial charge in [-0.05, 0) is 32.6 Å². The van der Waals surface area contributed by atoms with Crippen molar-refractivity contribution in [2.45, 2.75) is 51.2 Å². The molecule has 2 fully saturated rings. The maximum Gasteiger partial charge on any atom is 0.434 e. The number of nitrogens with one attached hydrogen (secondary N) is 1. The van der Waals surface area contributed by atoms with Gasteiger partial charge in [0.15, 0.2) is 5.69 Å². The van der Waals surface area contributed by atoms with E-state index in [1.165, 1.54) is 6.92 Å². The summed E-state index contributed by atoms with van der Waals surface area (Å²) in [5.41, 5.74) is -1.20. The van der Waals surface area contributed by atoms with Gasteiger partial charge in [0, 0.05) is 32.3 Å². The van der Waals surface area contributed by atoms with Gasteiger partial charge in [-0.25, -0.2) is 4.98 Å². The van der Waals surface area contributed by atoms with Gasteiger partial charge in [0.25, 0.3) is 0 Å². The fourth-order valence-electron chi connectivity index (χ4n) is 5.05. The Morgan fingerprint density at radius 2 is 1.97 bits per heavy atom. The largest absolute Gasteiger partial charge is 0.434 e. The summed E-state index contributed by atoms with van der Waals surface area (Å²) in [6, 6.07) is 1.73. The average Bonchev–Trinajstić information content (AvgIpc) is 3.20. The third kappa shape index (κ3) is 3.09. The maximum absolute atomic E-state index is 13.8. The van der Waals surface area contributed by atoms with E-state index in [0.717, 1.165) is 19.3 Å². The number of carbonyl (C=O) groups is 1. The lowest BCUT2D eigenvalue weighted by atomic mass is 9.85. The van der Waals surface area contributed by atoms with Crippen molar-refractivity contribution in [3.63, 3.8) is 0 Å². The number of anilines is 1. The number of aryl methyl sites for hydroxylation is 1. The topological polar surface area (TPSA) is 76.0 Å². The van der Waals surface area contributed by atoms with E-state index < -0.39 is 23.0 Å². The first-order chi connectivity index (χ1) is 14.1. The number of piperidine rings is 1. The summed E-state index contributed by atoms with van der Waals surface area (Å²) in [6.07, 6.45) is -1.67. The van der Waals surface area contributed by atoms with Crippen molar-refractivity contribution in [1.82, 2.24) is 14.9 Å². The van der Waals surface area contributed by atoms with Crippen LogP contribution in [0.2, 0.25) is 5.02 Å². The summed E-state index contributed by atoms with van der Waals surface area (Å²) in [5.74, 6) is -0.0375. The van der Waals surface area contributed by atoms with E-state index in [1.54, 1.807) is 17.9 Å². The number of hydrogen-bond acceptors (Lipinski definition) is 4. The molecule has 1 unspecified atom stereocenters. The fraction of sp³-hybridized carbons (Fsp3) is 0.550. The minimum Gasteiger partial charge on any atom is -0.366 e. The molecule has 30 heavy (non-hydrogen) atoms. The Morgan fingerprint density at radius 3 is 2.57 bits per heavy atom. The summed E-state index contributed by atoms with van der Waals surface area (Å²) in [6.45, 7) is 4.66. The third-order valence-corrected chi connectivity index (χ3v) is 6.71. The summed E-state index contributed by atoms with van der Waals surface area (Å²) < 4.78 is 41.3. The monoisotopic (exact) mass is 439 g/mol. The number of halogens is 4. The highest BCUT2D eigenvalue weighted by Gasteiger charge is 2.47. The van der Waals surface area contributed by atoms with E-state index in [4.69, 9.17) is 11.6 Å². The van der Waals surface area contributed by atoms with Crippen LogP contribution in [-0.2, 0) is 11.0 Å². The molecule has 4 heterocycles. The van der Waals surface area contributed by atoms with Gasteiger partial charge in [0.1, 0.15) is 17.1 Å². The predicted octanol–water partition coefficient (Wildman–Crippen LogP) is 4.40. The molecule has 160 valence electrons. The van der Waals surface area contributed by atoms with Crippen LogP contribution in [0.5, 0.6) is 0 Å². The van der Waals surface area contributed by atoms with Crippen molar-refractivity contribution in [2.75, 3.05) is 24.5 Å². The minimum atomic E-state index is -4.80. The van der Waals surface area contributed by atoms with E-state index >= 15 is 0 Å². The van der Waals surface area contributed by atoms with Crippen molar-refractivity contribution in [1.29, 1.82) is 5.26 Å². The van der Waals surface area contributed by atoms with Crippen LogP contribution in [0.25, 0.3) is 11.0 Å². The molecular formula is C20H21ClF3N5O. The Bertz CT molecular complexity index is 1070. The number of fused-ring (bicyclic) bond motifs is 1. The molecule has 2 aromatic rings. The van der Waals surface area contributed by atoms with Crippen molar-refractivity contribution >= 4 is 34.2 Å². The molecule has 0 radical (unpaired) electrons. The number of nitriles is 1. The number of pyridine rings is 1. The zero-order chi connectivity index (χ0) is 21.8. The molecule has 6 nitrogen and oxygen atoms in total. The van der Waals surface area contributed by atoms with E-state index in [2.05, 4.69) is 9.97 Å². The molecule has 0 bridgehead atoms. The predicted molar refractivity (Wildman–Crippen MR) is 106 cm³/mol. The van der Waals surface area contributed by atoms with Gasteiger partial charge < -0.3 is 14.8 Å². The highest BCUT2D eigenvalue weighted by Crippen LogP contribution is 2.44. The minimum absolute atomic E-state index is 0.00459. The van der Waals surface area contributed by atoms with Gasteiger partial charge in [-0.2, -0.15) is 18.4 Å². The van der Waals surface area contributed by atoms with Crippen LogP contribution in [-0.4, -0.2) is 45.9 Å². The normalized spacial score (nSPS) is 22.2. The molecule has 4 rings (SSSR count). The Hall–Kier alpha value is -2.47. The highest BCUT2D eigenvalue weighted by molar-refractivity contribution is 6.36. The first-order valence-corrected chi connectivity index (χ1v) is 10.2. The van der Waals surface area contributed by atoms with Crippen LogP contribution >= 0.6 is 11.6 Å². The Labute approximate surface area is 176 Å². The number of rotatable bonds is 1. The molecule has 1 atom stereocenters. The molecule has 0 aliphatic carbocycles. The molecule has 2 saturated heterocycles. The first kappa shape index (κ1) is 20.8. The Morgan fingerprint density at radius 1 is 1.30 bits per heavy atom. The van der Waals surface area contributed by atoms with Gasteiger partial charge in [-0.15, -0.1) is 0 Å². The number of alkyl halides is 3. The summed E-state index contributed by atoms with van der Waals surface area (Å²) in [5, 5.41) is 9.81. The van der Waals surface area contributed by atoms with E-state index in [-0.39, 0.29) is 22.1 Å². The number of amides is 1. The molecule has 1 N–H and O–H groups in total. The number of carbonyl (C=O) groups excluding carboxylic acids is 1. The lowest BCUT2D eigenvalue weighted by molar-refractivity contribution is -0.141. The van der Waals surface area contributed by atoms with Crippen LogP contribution < -0.4 is 4.90 Å². The van der Waals surface area contributed by atoms with Crippen LogP contribution in [0.15, 0.2) is 0 Å². The molecule has 1 spiro atoms. The SMILES string of the molecule is CC(=O)N1CCCC12CCCN(c1c(C#N)c(C(F)(F)F)nc3c(Cl)c(C)[nH]c13)C2. The molecule has 2 aliphatic rings. The van der Waals surface area contributed by atoms with E-state index in [1.807, 2.05) is 4.90 Å². The molecule has 10 heteroatoms. The number of hydrogen-bond donors (Lipinski definition) is 1. The van der Waals surface area contributed by atoms with Crippen molar-refractivity contribution in [3.05, 3.63) is 22.0 Å². The average molecular weight is 440 g/mol.